The van der Waals surface area contributed by atoms with Crippen molar-refractivity contribution in [2.45, 2.75) is 25.7 Å². The van der Waals surface area contributed by atoms with Crippen molar-refractivity contribution < 1.29 is 23.9 Å². The molecule has 1 aliphatic rings. The Morgan fingerprint density at radius 3 is 2.81 bits per heavy atom. The zero-order valence-electron chi connectivity index (χ0n) is 17.8. The summed E-state index contributed by atoms with van der Waals surface area (Å²) >= 11 is 1.42. The van der Waals surface area contributed by atoms with Gasteiger partial charge in [-0.1, -0.05) is 18.2 Å². The van der Waals surface area contributed by atoms with Crippen LogP contribution in [0.4, 0.5) is 5.00 Å². The topological polar surface area (TPSA) is 110 Å². The van der Waals surface area contributed by atoms with Crippen LogP contribution in [-0.4, -0.2) is 49.6 Å². The fourth-order valence-corrected chi connectivity index (χ4v) is 5.16. The number of hydrogen-bond donors (Lipinski definition) is 3. The highest BCUT2D eigenvalue weighted by molar-refractivity contribution is 7.17. The molecule has 2 amide bonds. The number of amides is 2. The number of ether oxygens (including phenoxy) is 2. The van der Waals surface area contributed by atoms with Gasteiger partial charge >= 0.3 is 5.97 Å². The van der Waals surface area contributed by atoms with E-state index in [4.69, 9.17) is 9.47 Å². The summed E-state index contributed by atoms with van der Waals surface area (Å²) in [4.78, 5) is 42.0. The van der Waals surface area contributed by atoms with Crippen LogP contribution in [0.2, 0.25) is 0 Å². The van der Waals surface area contributed by atoms with Gasteiger partial charge in [0.05, 0.1) is 17.7 Å². The molecular weight excluding hydrogens is 430 g/mol. The second kappa shape index (κ2) is 9.97. The Balaban J connectivity index is 1.44. The maximum atomic E-state index is 12.8. The summed E-state index contributed by atoms with van der Waals surface area (Å²) in [6.07, 6.45) is 5.35. The highest BCUT2D eigenvalue weighted by atomic mass is 32.1. The first kappa shape index (κ1) is 22.0. The highest BCUT2D eigenvalue weighted by Gasteiger charge is 2.26. The van der Waals surface area contributed by atoms with Gasteiger partial charge in [-0.3, -0.25) is 9.59 Å². The number of hydrogen-bond acceptors (Lipinski definition) is 6. The van der Waals surface area contributed by atoms with Crippen LogP contribution in [-0.2, 0) is 27.1 Å². The molecule has 8 nitrogen and oxygen atoms in total. The monoisotopic (exact) mass is 455 g/mol. The van der Waals surface area contributed by atoms with Crippen LogP contribution in [0.3, 0.4) is 0 Å². The van der Waals surface area contributed by atoms with Crippen LogP contribution >= 0.6 is 11.3 Å². The minimum Gasteiger partial charge on any atom is -0.452 e. The number of aromatic nitrogens is 1. The summed E-state index contributed by atoms with van der Waals surface area (Å²) in [5.41, 5.74) is 2.70. The number of aromatic amines is 1. The normalized spacial score (nSPS) is 12.9. The number of H-pyrrole nitrogens is 1. The molecule has 1 aliphatic carbocycles. The van der Waals surface area contributed by atoms with Gasteiger partial charge in [0.1, 0.15) is 5.00 Å². The molecule has 0 atom stereocenters. The van der Waals surface area contributed by atoms with E-state index in [0.717, 1.165) is 47.0 Å². The molecule has 0 saturated carbocycles. The van der Waals surface area contributed by atoms with Gasteiger partial charge in [0.25, 0.3) is 11.8 Å². The summed E-state index contributed by atoms with van der Waals surface area (Å²) in [7, 11) is 1.57. The molecular formula is C23H25N3O5S. The first-order valence-electron chi connectivity index (χ1n) is 10.5. The number of rotatable bonds is 8. The summed E-state index contributed by atoms with van der Waals surface area (Å²) < 4.78 is 10.2. The summed E-state index contributed by atoms with van der Waals surface area (Å²) in [5.74, 6) is -1.30. The standard InChI is InChI=1S/C23H25N3O5S/c1-30-11-10-24-21(28)20-15-7-3-5-9-18(15)32-22(20)26-19(27)13-31-23(29)16-12-25-17-8-4-2-6-14(16)17/h2,4,6,8,12,25H,3,5,7,9-11,13H2,1H3,(H,24,28)(H,26,27). The Morgan fingerprint density at radius 1 is 1.16 bits per heavy atom. The summed E-state index contributed by atoms with van der Waals surface area (Å²) in [6, 6.07) is 7.37. The van der Waals surface area contributed by atoms with Crippen LogP contribution in [0.25, 0.3) is 10.9 Å². The van der Waals surface area contributed by atoms with E-state index in [0.29, 0.717) is 29.3 Å². The third kappa shape index (κ3) is 4.68. The molecule has 0 aliphatic heterocycles. The van der Waals surface area contributed by atoms with Crippen molar-refractivity contribution in [2.75, 3.05) is 32.2 Å². The lowest BCUT2D eigenvalue weighted by Crippen LogP contribution is -2.29. The van der Waals surface area contributed by atoms with Gasteiger partial charge in [-0.05, 0) is 37.3 Å². The zero-order chi connectivity index (χ0) is 22.5. The SMILES string of the molecule is COCCNC(=O)c1c(NC(=O)COC(=O)c2c[nH]c3ccccc23)sc2c1CCCC2. The predicted molar refractivity (Wildman–Crippen MR) is 122 cm³/mol. The molecule has 0 saturated heterocycles. The minimum atomic E-state index is -0.583. The number of aryl methyl sites for hydroxylation is 1. The smallest absolute Gasteiger partial charge is 0.340 e. The van der Waals surface area contributed by atoms with Gasteiger partial charge < -0.3 is 25.1 Å². The number of para-hydroxylation sites is 1. The van der Waals surface area contributed by atoms with Gasteiger partial charge in [-0.15, -0.1) is 11.3 Å². The van der Waals surface area contributed by atoms with E-state index in [1.807, 2.05) is 24.3 Å². The van der Waals surface area contributed by atoms with Gasteiger partial charge in [0.2, 0.25) is 0 Å². The Bertz CT molecular complexity index is 1150. The molecule has 0 radical (unpaired) electrons. The maximum Gasteiger partial charge on any atom is 0.340 e. The molecule has 0 bridgehead atoms. The number of carbonyl (C=O) groups is 3. The molecule has 168 valence electrons. The fourth-order valence-electron chi connectivity index (χ4n) is 3.86. The maximum absolute atomic E-state index is 12.8. The molecule has 1 aromatic carbocycles. The third-order valence-corrected chi connectivity index (χ3v) is 6.59. The van der Waals surface area contributed by atoms with Crippen molar-refractivity contribution in [3.05, 3.63) is 52.0 Å². The first-order valence-corrected chi connectivity index (χ1v) is 11.3. The van der Waals surface area contributed by atoms with Crippen molar-refractivity contribution in [1.82, 2.24) is 10.3 Å². The number of esters is 1. The number of anilines is 1. The van der Waals surface area contributed by atoms with E-state index in [2.05, 4.69) is 15.6 Å². The average molecular weight is 456 g/mol. The molecule has 4 rings (SSSR count). The number of carbonyl (C=O) groups excluding carboxylic acids is 3. The lowest BCUT2D eigenvalue weighted by molar-refractivity contribution is -0.119. The van der Waals surface area contributed by atoms with Crippen molar-refractivity contribution in [2.24, 2.45) is 0 Å². The summed E-state index contributed by atoms with van der Waals surface area (Å²) in [6.45, 7) is 0.352. The summed E-state index contributed by atoms with van der Waals surface area (Å²) in [5, 5.41) is 6.85. The van der Waals surface area contributed by atoms with Crippen molar-refractivity contribution in [3.8, 4) is 0 Å². The number of benzene rings is 1. The number of nitrogens with one attached hydrogen (secondary N) is 3. The van der Waals surface area contributed by atoms with E-state index >= 15 is 0 Å². The second-order valence-corrected chi connectivity index (χ2v) is 8.64. The van der Waals surface area contributed by atoms with Crippen LogP contribution in [0, 0.1) is 0 Å². The Hall–Kier alpha value is -3.17. The van der Waals surface area contributed by atoms with E-state index in [1.165, 1.54) is 11.3 Å². The molecule has 2 aromatic heterocycles. The zero-order valence-corrected chi connectivity index (χ0v) is 18.6. The predicted octanol–water partition coefficient (Wildman–Crippen LogP) is 3.28. The quantitative estimate of drug-likeness (QED) is 0.357. The van der Waals surface area contributed by atoms with E-state index in [-0.39, 0.29) is 5.91 Å². The van der Waals surface area contributed by atoms with Crippen molar-refractivity contribution in [1.29, 1.82) is 0 Å². The largest absolute Gasteiger partial charge is 0.452 e. The van der Waals surface area contributed by atoms with E-state index in [1.54, 1.807) is 13.3 Å². The molecule has 3 aromatic rings. The molecule has 2 heterocycles. The Kier molecular flexibility index (Phi) is 6.87. The average Bonchev–Trinajstić information content (AvgIpc) is 3.39. The van der Waals surface area contributed by atoms with Crippen LogP contribution < -0.4 is 10.6 Å². The molecule has 3 N–H and O–H groups in total. The Morgan fingerprint density at radius 2 is 1.97 bits per heavy atom. The highest BCUT2D eigenvalue weighted by Crippen LogP contribution is 2.38. The lowest BCUT2D eigenvalue weighted by atomic mass is 9.95. The van der Waals surface area contributed by atoms with E-state index < -0.39 is 18.5 Å². The van der Waals surface area contributed by atoms with Gasteiger partial charge in [0, 0.05) is 35.6 Å². The first-order chi connectivity index (χ1) is 15.6. The number of fused-ring (bicyclic) bond motifs is 2. The minimum absolute atomic E-state index is 0.229. The lowest BCUT2D eigenvalue weighted by Gasteiger charge is -2.13. The third-order valence-electron chi connectivity index (χ3n) is 5.39. The van der Waals surface area contributed by atoms with Crippen LogP contribution in [0.1, 0.15) is 44.0 Å². The molecule has 9 heteroatoms. The second-order valence-electron chi connectivity index (χ2n) is 7.54. The Labute approximate surface area is 189 Å². The molecule has 0 unspecified atom stereocenters. The number of thiophene rings is 1. The van der Waals surface area contributed by atoms with Gasteiger partial charge in [-0.25, -0.2) is 4.79 Å². The van der Waals surface area contributed by atoms with Crippen molar-refractivity contribution >= 4 is 45.0 Å². The fraction of sp³-hybridized carbons (Fsp3) is 0.348. The molecule has 32 heavy (non-hydrogen) atoms. The van der Waals surface area contributed by atoms with Crippen molar-refractivity contribution in [3.63, 3.8) is 0 Å². The van der Waals surface area contributed by atoms with Crippen LogP contribution in [0.15, 0.2) is 30.5 Å². The molecule has 0 fully saturated rings. The van der Waals surface area contributed by atoms with E-state index in [9.17, 15) is 14.4 Å². The number of methoxy groups -OCH3 is 1. The van der Waals surface area contributed by atoms with Gasteiger partial charge in [0.15, 0.2) is 6.61 Å². The van der Waals surface area contributed by atoms with Gasteiger partial charge in [-0.2, -0.15) is 0 Å². The van der Waals surface area contributed by atoms with Crippen LogP contribution in [0.5, 0.6) is 0 Å². The molecule has 0 spiro atoms.